The molecule has 146 valence electrons. The Labute approximate surface area is 166 Å². The highest BCUT2D eigenvalue weighted by Gasteiger charge is 2.62. The van der Waals surface area contributed by atoms with Crippen molar-refractivity contribution in [2.75, 3.05) is 6.61 Å². The largest absolute Gasteiger partial charge is 0.476 e. The number of Topliss-reactive ketones (excluding diaryl/α,β-unsaturated/α-hetero) is 1. The van der Waals surface area contributed by atoms with Gasteiger partial charge in [-0.3, -0.25) is 14.9 Å². The first-order chi connectivity index (χ1) is 13.4. The number of halogens is 1. The third-order valence-corrected chi connectivity index (χ3v) is 5.28. The highest BCUT2D eigenvalue weighted by atomic mass is 35.5. The fourth-order valence-corrected chi connectivity index (χ4v) is 3.66. The molecule has 2 N–H and O–H groups in total. The highest BCUT2D eigenvalue weighted by molar-refractivity contribution is 6.24. The van der Waals surface area contributed by atoms with Gasteiger partial charge in [-0.15, -0.1) is 6.58 Å². The van der Waals surface area contributed by atoms with Crippen molar-refractivity contribution < 1.29 is 24.7 Å². The number of aliphatic hydroxyl groups excluding tert-OH is 2. The lowest BCUT2D eigenvalue weighted by atomic mass is 9.86. The van der Waals surface area contributed by atoms with E-state index in [2.05, 4.69) is 6.58 Å². The van der Waals surface area contributed by atoms with E-state index in [1.165, 1.54) is 18.2 Å². The summed E-state index contributed by atoms with van der Waals surface area (Å²) in [6.07, 6.45) is -1.11. The molecular formula is C20H18ClNO6. The minimum absolute atomic E-state index is 0.0405. The van der Waals surface area contributed by atoms with Gasteiger partial charge in [0.25, 0.3) is 0 Å². The molecule has 1 heterocycles. The lowest BCUT2D eigenvalue weighted by Crippen LogP contribution is -2.50. The van der Waals surface area contributed by atoms with Gasteiger partial charge in [-0.25, -0.2) is 0 Å². The second kappa shape index (κ2) is 7.71. The van der Waals surface area contributed by atoms with Crippen LogP contribution in [0.25, 0.3) is 0 Å². The first-order valence-corrected chi connectivity index (χ1v) is 8.87. The predicted octanol–water partition coefficient (Wildman–Crippen LogP) is 2.97. The maximum Gasteiger partial charge on any atom is 0.364 e. The molecule has 0 saturated carbocycles. The van der Waals surface area contributed by atoms with Gasteiger partial charge in [0.1, 0.15) is 12.4 Å². The molecule has 0 amide bonds. The molecule has 0 fully saturated rings. The average Bonchev–Trinajstić information content (AvgIpc) is 2.70. The van der Waals surface area contributed by atoms with Crippen LogP contribution in [0.1, 0.15) is 39.3 Å². The van der Waals surface area contributed by atoms with Gasteiger partial charge in [-0.1, -0.05) is 48.5 Å². The van der Waals surface area contributed by atoms with Gasteiger partial charge in [0.15, 0.2) is 11.9 Å². The van der Waals surface area contributed by atoms with Crippen LogP contribution in [0, 0.1) is 10.1 Å². The maximum absolute atomic E-state index is 12.2. The summed E-state index contributed by atoms with van der Waals surface area (Å²) in [7, 11) is 0. The minimum Gasteiger partial charge on any atom is -0.476 e. The number of hydrogen-bond donors (Lipinski definition) is 2. The van der Waals surface area contributed by atoms with Gasteiger partial charge < -0.3 is 14.9 Å². The molecule has 3 rings (SSSR count). The molecule has 1 aliphatic rings. The molecular weight excluding hydrogens is 386 g/mol. The number of carbonyl (C=O) groups excluding carboxylic acids is 1. The number of carbonyl (C=O) groups is 1. The van der Waals surface area contributed by atoms with Gasteiger partial charge in [0.2, 0.25) is 6.10 Å². The number of ketones is 1. The van der Waals surface area contributed by atoms with Gasteiger partial charge >= 0.3 is 5.00 Å². The Morgan fingerprint density at radius 1 is 1.29 bits per heavy atom. The monoisotopic (exact) mass is 403 g/mol. The van der Waals surface area contributed by atoms with E-state index in [9.17, 15) is 25.1 Å². The quantitative estimate of drug-likeness (QED) is 0.191. The topological polar surface area (TPSA) is 110 Å². The summed E-state index contributed by atoms with van der Waals surface area (Å²) in [5.41, 5.74) is 1.02. The molecule has 0 aromatic heterocycles. The van der Waals surface area contributed by atoms with Crippen LogP contribution >= 0.6 is 11.6 Å². The lowest BCUT2D eigenvalue weighted by molar-refractivity contribution is -0.570. The first kappa shape index (κ1) is 20.0. The van der Waals surface area contributed by atoms with Gasteiger partial charge in [0.05, 0.1) is 4.92 Å². The molecule has 2 aromatic carbocycles. The Balaban J connectivity index is 2.25. The van der Waals surface area contributed by atoms with Crippen LogP contribution in [-0.4, -0.2) is 32.5 Å². The minimum atomic E-state index is -2.47. The maximum atomic E-state index is 12.2. The number of allylic oxidation sites excluding steroid dienone is 1. The molecule has 28 heavy (non-hydrogen) atoms. The predicted molar refractivity (Wildman–Crippen MR) is 102 cm³/mol. The van der Waals surface area contributed by atoms with Crippen molar-refractivity contribution in [1.82, 2.24) is 0 Å². The van der Waals surface area contributed by atoms with E-state index < -0.39 is 34.5 Å². The molecule has 3 atom stereocenters. The van der Waals surface area contributed by atoms with Crippen LogP contribution in [0.2, 0.25) is 0 Å². The van der Waals surface area contributed by atoms with E-state index in [0.717, 1.165) is 0 Å². The van der Waals surface area contributed by atoms with Crippen molar-refractivity contribution >= 4 is 17.4 Å². The van der Waals surface area contributed by atoms with Crippen molar-refractivity contribution in [3.05, 3.63) is 87.5 Å². The van der Waals surface area contributed by atoms with Gasteiger partial charge in [0, 0.05) is 16.7 Å². The van der Waals surface area contributed by atoms with Crippen molar-refractivity contribution in [1.29, 1.82) is 0 Å². The second-order valence-electron chi connectivity index (χ2n) is 6.38. The zero-order valence-corrected chi connectivity index (χ0v) is 15.5. The number of ether oxygens (including phenoxy) is 1. The summed E-state index contributed by atoms with van der Waals surface area (Å²) < 4.78 is 5.97. The molecule has 7 nitrogen and oxygen atoms in total. The van der Waals surface area contributed by atoms with Crippen LogP contribution in [-0.2, 0) is 6.42 Å². The van der Waals surface area contributed by atoms with E-state index in [-0.39, 0.29) is 22.4 Å². The third-order valence-electron chi connectivity index (χ3n) is 4.74. The fourth-order valence-electron chi connectivity index (χ4n) is 3.38. The van der Waals surface area contributed by atoms with Crippen LogP contribution < -0.4 is 4.74 Å². The van der Waals surface area contributed by atoms with Crippen LogP contribution in [0.5, 0.6) is 5.75 Å². The number of nitrogens with zero attached hydrogens (tertiary/aromatic N) is 1. The number of para-hydroxylation sites is 1. The smallest absolute Gasteiger partial charge is 0.364 e. The van der Waals surface area contributed by atoms with Crippen molar-refractivity contribution in [2.24, 2.45) is 0 Å². The molecule has 0 bridgehead atoms. The van der Waals surface area contributed by atoms with E-state index in [1.54, 1.807) is 30.3 Å². The Bertz CT molecular complexity index is 946. The lowest BCUT2D eigenvalue weighted by Gasteiger charge is -2.38. The summed E-state index contributed by atoms with van der Waals surface area (Å²) in [5, 5.41) is 32.0. The normalized spacial score (nSPS) is 23.4. The Morgan fingerprint density at radius 2 is 1.96 bits per heavy atom. The van der Waals surface area contributed by atoms with Crippen LogP contribution in [0.4, 0.5) is 0 Å². The number of fused-ring (bicyclic) bond motifs is 1. The fraction of sp³-hybridized carbons (Fsp3) is 0.250. The number of alkyl halides is 1. The second-order valence-corrected chi connectivity index (χ2v) is 6.99. The molecule has 0 spiro atoms. The molecule has 0 radical (unpaired) electrons. The third kappa shape index (κ3) is 3.07. The Morgan fingerprint density at radius 3 is 2.61 bits per heavy atom. The van der Waals surface area contributed by atoms with Crippen LogP contribution in [0.3, 0.4) is 0 Å². The molecule has 8 heteroatoms. The van der Waals surface area contributed by atoms with Crippen molar-refractivity contribution in [3.63, 3.8) is 0 Å². The molecule has 0 aliphatic carbocycles. The van der Waals surface area contributed by atoms with Crippen molar-refractivity contribution in [3.8, 4) is 5.75 Å². The number of nitro groups is 1. The highest BCUT2D eigenvalue weighted by Crippen LogP contribution is 2.53. The first-order valence-electron chi connectivity index (χ1n) is 8.50. The summed E-state index contributed by atoms with van der Waals surface area (Å²) in [6.45, 7) is 2.90. The Hall–Kier alpha value is -2.74. The molecule has 0 unspecified atom stereocenters. The van der Waals surface area contributed by atoms with E-state index in [0.29, 0.717) is 12.0 Å². The van der Waals surface area contributed by atoms with E-state index in [1.807, 2.05) is 0 Å². The number of rotatable bonds is 6. The zero-order chi connectivity index (χ0) is 20.5. The van der Waals surface area contributed by atoms with Gasteiger partial charge in [-0.2, -0.15) is 0 Å². The SMILES string of the molecule is C=CCc1cccc2c1O[C@@H](c1ccccc1C(=O)CO)[C@](Cl)([N+](=O)[O-])[C@H]2O. The zero-order valence-electron chi connectivity index (χ0n) is 14.7. The average molecular weight is 404 g/mol. The number of hydrogen-bond acceptors (Lipinski definition) is 6. The van der Waals surface area contributed by atoms with E-state index >= 15 is 0 Å². The molecule has 2 aromatic rings. The van der Waals surface area contributed by atoms with E-state index in [4.69, 9.17) is 16.3 Å². The molecule has 1 aliphatic heterocycles. The molecule has 0 saturated heterocycles. The number of benzene rings is 2. The van der Waals surface area contributed by atoms with Crippen molar-refractivity contribution in [2.45, 2.75) is 23.6 Å². The van der Waals surface area contributed by atoms with Gasteiger partial charge in [-0.05, 0) is 23.6 Å². The summed E-state index contributed by atoms with van der Waals surface area (Å²) >= 11 is 6.37. The standard InChI is InChI=1S/C20H18ClNO6/c1-2-6-12-7-5-10-15-17(12)28-19(20(21,18(15)25)22(26)27)14-9-4-3-8-13(14)16(24)11-23/h2-5,7-10,18-19,23,25H,1,6,11H2/t18-,19-,20+/m0/s1. The van der Waals surface area contributed by atoms with Crippen LogP contribution in [0.15, 0.2) is 55.1 Å². The summed E-state index contributed by atoms with van der Waals surface area (Å²) in [4.78, 5) is 20.8. The number of aliphatic hydroxyl groups is 2. The summed E-state index contributed by atoms with van der Waals surface area (Å²) in [5.74, 6) is -0.370. The summed E-state index contributed by atoms with van der Waals surface area (Å²) in [6, 6.07) is 10.9. The Kier molecular flexibility index (Phi) is 5.51.